The number of aryl methyl sites for hydroxylation is 1. The second kappa shape index (κ2) is 3.96. The van der Waals surface area contributed by atoms with Gasteiger partial charge < -0.3 is 10.4 Å². The maximum atomic E-state index is 9.26. The van der Waals surface area contributed by atoms with Gasteiger partial charge >= 0.3 is 0 Å². The molecule has 0 atom stereocenters. The number of hydrogen-bond donors (Lipinski definition) is 2. The number of para-hydroxylation sites is 2. The first-order chi connectivity index (χ1) is 8.22. The van der Waals surface area contributed by atoms with E-state index in [4.69, 9.17) is 0 Å². The molecule has 3 rings (SSSR count). The van der Waals surface area contributed by atoms with Crippen molar-refractivity contribution < 1.29 is 5.11 Å². The summed E-state index contributed by atoms with van der Waals surface area (Å²) in [6.07, 6.45) is 1.45. The second-order valence-corrected chi connectivity index (χ2v) is 4.61. The van der Waals surface area contributed by atoms with Crippen molar-refractivity contribution in [1.82, 2.24) is 9.97 Å². The van der Waals surface area contributed by atoms with E-state index in [-0.39, 0.29) is 6.10 Å². The number of hydrogen-bond acceptors (Lipinski definition) is 4. The molecule has 1 fully saturated rings. The summed E-state index contributed by atoms with van der Waals surface area (Å²) >= 11 is 0. The first-order valence-corrected chi connectivity index (χ1v) is 5.90. The maximum absolute atomic E-state index is 9.26. The summed E-state index contributed by atoms with van der Waals surface area (Å²) in [7, 11) is 0. The molecule has 0 aliphatic heterocycles. The molecule has 1 saturated carbocycles. The van der Waals surface area contributed by atoms with Gasteiger partial charge in [-0.2, -0.15) is 0 Å². The van der Waals surface area contributed by atoms with Crippen molar-refractivity contribution in [3.63, 3.8) is 0 Å². The average molecular weight is 229 g/mol. The van der Waals surface area contributed by atoms with Crippen LogP contribution in [0.5, 0.6) is 0 Å². The number of benzene rings is 1. The van der Waals surface area contributed by atoms with Crippen LogP contribution in [-0.4, -0.2) is 27.2 Å². The van der Waals surface area contributed by atoms with Gasteiger partial charge in [-0.15, -0.1) is 0 Å². The van der Waals surface area contributed by atoms with Crippen LogP contribution in [0.4, 0.5) is 5.82 Å². The third kappa shape index (κ3) is 1.96. The van der Waals surface area contributed by atoms with E-state index in [9.17, 15) is 5.11 Å². The molecule has 0 saturated heterocycles. The Balaban J connectivity index is 1.90. The van der Waals surface area contributed by atoms with E-state index in [1.807, 2.05) is 31.2 Å². The Morgan fingerprint density at radius 3 is 2.47 bits per heavy atom. The third-order valence-corrected chi connectivity index (χ3v) is 3.20. The van der Waals surface area contributed by atoms with E-state index in [1.54, 1.807) is 0 Å². The molecule has 1 aromatic heterocycles. The summed E-state index contributed by atoms with van der Waals surface area (Å²) < 4.78 is 0. The number of nitrogens with zero attached hydrogens (tertiary/aromatic N) is 2. The lowest BCUT2D eigenvalue weighted by Gasteiger charge is -2.32. The van der Waals surface area contributed by atoms with E-state index in [2.05, 4.69) is 15.3 Å². The Labute approximate surface area is 99.7 Å². The fourth-order valence-electron chi connectivity index (χ4n) is 2.12. The molecule has 0 unspecified atom stereocenters. The highest BCUT2D eigenvalue weighted by Crippen LogP contribution is 2.25. The Hall–Kier alpha value is -1.68. The number of rotatable bonds is 2. The largest absolute Gasteiger partial charge is 0.393 e. The van der Waals surface area contributed by atoms with Crippen LogP contribution in [0, 0.1) is 6.92 Å². The Bertz CT molecular complexity index is 549. The van der Waals surface area contributed by atoms with E-state index >= 15 is 0 Å². The van der Waals surface area contributed by atoms with E-state index < -0.39 is 0 Å². The summed E-state index contributed by atoms with van der Waals surface area (Å²) in [5.74, 6) is 0.834. The lowest BCUT2D eigenvalue weighted by molar-refractivity contribution is 0.0835. The standard InChI is InChI=1S/C13H15N3O/c1-8-13(15-9-6-10(17)7-9)16-12-5-3-2-4-11(12)14-8/h2-5,9-10,17H,6-7H2,1H3,(H,15,16). The van der Waals surface area contributed by atoms with Crippen molar-refractivity contribution in [2.45, 2.75) is 31.9 Å². The topological polar surface area (TPSA) is 58.0 Å². The van der Waals surface area contributed by atoms with Gasteiger partial charge in [-0.05, 0) is 31.9 Å². The minimum absolute atomic E-state index is 0.152. The average Bonchev–Trinajstić information content (AvgIpc) is 2.28. The van der Waals surface area contributed by atoms with Gasteiger partial charge in [0.2, 0.25) is 0 Å². The molecule has 4 nitrogen and oxygen atoms in total. The second-order valence-electron chi connectivity index (χ2n) is 4.61. The van der Waals surface area contributed by atoms with Crippen LogP contribution < -0.4 is 5.32 Å². The van der Waals surface area contributed by atoms with Crippen molar-refractivity contribution >= 4 is 16.9 Å². The van der Waals surface area contributed by atoms with Crippen LogP contribution >= 0.6 is 0 Å². The molecule has 0 amide bonds. The molecule has 0 bridgehead atoms. The van der Waals surface area contributed by atoms with Crippen molar-refractivity contribution in [1.29, 1.82) is 0 Å². The van der Waals surface area contributed by atoms with E-state index in [0.29, 0.717) is 6.04 Å². The Kier molecular flexibility index (Phi) is 2.44. The molecular formula is C13H15N3O. The first-order valence-electron chi connectivity index (χ1n) is 5.90. The van der Waals surface area contributed by atoms with E-state index in [1.165, 1.54) is 0 Å². The van der Waals surface area contributed by atoms with Gasteiger partial charge in [-0.1, -0.05) is 12.1 Å². The Morgan fingerprint density at radius 1 is 1.18 bits per heavy atom. The number of anilines is 1. The highest BCUT2D eigenvalue weighted by atomic mass is 16.3. The lowest BCUT2D eigenvalue weighted by Crippen LogP contribution is -2.39. The van der Waals surface area contributed by atoms with Crippen molar-refractivity contribution in [2.24, 2.45) is 0 Å². The molecule has 0 spiro atoms. The quantitative estimate of drug-likeness (QED) is 0.825. The zero-order chi connectivity index (χ0) is 11.8. The van der Waals surface area contributed by atoms with Gasteiger partial charge in [0, 0.05) is 6.04 Å². The van der Waals surface area contributed by atoms with Crippen LogP contribution in [-0.2, 0) is 0 Å². The number of nitrogens with one attached hydrogen (secondary N) is 1. The van der Waals surface area contributed by atoms with Crippen LogP contribution in [0.15, 0.2) is 24.3 Å². The number of aromatic nitrogens is 2. The summed E-state index contributed by atoms with van der Waals surface area (Å²) in [6.45, 7) is 1.96. The highest BCUT2D eigenvalue weighted by molar-refractivity contribution is 5.76. The fraction of sp³-hybridized carbons (Fsp3) is 0.385. The fourth-order valence-corrected chi connectivity index (χ4v) is 2.12. The molecule has 88 valence electrons. The number of aliphatic hydroxyl groups excluding tert-OH is 1. The van der Waals surface area contributed by atoms with Crippen molar-refractivity contribution in [3.05, 3.63) is 30.0 Å². The molecule has 0 radical (unpaired) electrons. The molecule has 17 heavy (non-hydrogen) atoms. The summed E-state index contributed by atoms with van der Waals surface area (Å²) in [6, 6.07) is 8.18. The van der Waals surface area contributed by atoms with Crippen LogP contribution in [0.1, 0.15) is 18.5 Å². The number of aliphatic hydroxyl groups is 1. The zero-order valence-corrected chi connectivity index (χ0v) is 9.72. The van der Waals surface area contributed by atoms with Gasteiger partial charge in [0.05, 0.1) is 22.8 Å². The summed E-state index contributed by atoms with van der Waals surface area (Å²) in [5.41, 5.74) is 2.73. The predicted octanol–water partition coefficient (Wildman–Crippen LogP) is 1.87. The van der Waals surface area contributed by atoms with Gasteiger partial charge in [0.25, 0.3) is 0 Å². The first kappa shape index (κ1) is 10.5. The molecular weight excluding hydrogens is 214 g/mol. The molecule has 1 aliphatic carbocycles. The summed E-state index contributed by atoms with van der Waals surface area (Å²) in [5, 5.41) is 12.6. The van der Waals surface area contributed by atoms with Crippen LogP contribution in [0.3, 0.4) is 0 Å². The zero-order valence-electron chi connectivity index (χ0n) is 9.72. The molecule has 1 aliphatic rings. The van der Waals surface area contributed by atoms with Crippen LogP contribution in [0.25, 0.3) is 11.0 Å². The molecule has 2 aromatic rings. The number of fused-ring (bicyclic) bond motifs is 1. The van der Waals surface area contributed by atoms with Gasteiger partial charge in [-0.25, -0.2) is 9.97 Å². The van der Waals surface area contributed by atoms with E-state index in [0.717, 1.165) is 35.4 Å². The Morgan fingerprint density at radius 2 is 1.82 bits per heavy atom. The molecule has 1 aromatic carbocycles. The minimum atomic E-state index is -0.152. The highest BCUT2D eigenvalue weighted by Gasteiger charge is 2.27. The minimum Gasteiger partial charge on any atom is -0.393 e. The van der Waals surface area contributed by atoms with Crippen molar-refractivity contribution in [2.75, 3.05) is 5.32 Å². The molecule has 1 heterocycles. The lowest BCUT2D eigenvalue weighted by atomic mass is 9.89. The van der Waals surface area contributed by atoms with Gasteiger partial charge in [-0.3, -0.25) is 0 Å². The van der Waals surface area contributed by atoms with Crippen LogP contribution in [0.2, 0.25) is 0 Å². The molecule has 2 N–H and O–H groups in total. The smallest absolute Gasteiger partial charge is 0.148 e. The molecule has 4 heteroatoms. The summed E-state index contributed by atoms with van der Waals surface area (Å²) in [4.78, 5) is 9.08. The third-order valence-electron chi connectivity index (χ3n) is 3.20. The normalized spacial score (nSPS) is 23.4. The monoisotopic (exact) mass is 229 g/mol. The van der Waals surface area contributed by atoms with Gasteiger partial charge in [0.1, 0.15) is 5.82 Å². The maximum Gasteiger partial charge on any atom is 0.148 e. The predicted molar refractivity (Wildman–Crippen MR) is 66.9 cm³/mol. The SMILES string of the molecule is Cc1nc2ccccc2nc1NC1CC(O)C1. The van der Waals surface area contributed by atoms with Crippen molar-refractivity contribution in [3.8, 4) is 0 Å². The van der Waals surface area contributed by atoms with Gasteiger partial charge in [0.15, 0.2) is 0 Å².